The molecular weight excluding hydrogens is 392 g/mol. The van der Waals surface area contributed by atoms with Gasteiger partial charge >= 0.3 is 0 Å². The largest absolute Gasteiger partial charge is 0.497 e. The number of carbonyl (C=O) groups is 1. The van der Waals surface area contributed by atoms with Crippen LogP contribution in [-0.4, -0.2) is 41.6 Å². The van der Waals surface area contributed by atoms with Crippen LogP contribution in [0.25, 0.3) is 0 Å². The predicted molar refractivity (Wildman–Crippen MR) is 112 cm³/mol. The average molecular weight is 421 g/mol. The quantitative estimate of drug-likeness (QED) is 0.615. The molecule has 2 N–H and O–H groups in total. The smallest absolute Gasteiger partial charge is 0.240 e. The highest BCUT2D eigenvalue weighted by Gasteiger charge is 2.17. The molecule has 2 aromatic carbocycles. The average Bonchev–Trinajstić information content (AvgIpc) is 2.69. The summed E-state index contributed by atoms with van der Waals surface area (Å²) >= 11 is 0. The van der Waals surface area contributed by atoms with Crippen LogP contribution in [0.1, 0.15) is 23.1 Å². The van der Waals surface area contributed by atoms with E-state index < -0.39 is 10.0 Å². The summed E-state index contributed by atoms with van der Waals surface area (Å²) in [5, 5.41) is 2.80. The van der Waals surface area contributed by atoms with Crippen molar-refractivity contribution in [3.63, 3.8) is 0 Å². The Balaban J connectivity index is 1.83. The molecule has 0 spiro atoms. The van der Waals surface area contributed by atoms with Crippen molar-refractivity contribution in [2.45, 2.75) is 31.6 Å². The Kier molecular flexibility index (Phi) is 8.04. The molecule has 0 aliphatic heterocycles. The van der Waals surface area contributed by atoms with Gasteiger partial charge in [0.15, 0.2) is 0 Å². The molecule has 0 heterocycles. The van der Waals surface area contributed by atoms with Crippen molar-refractivity contribution in [1.82, 2.24) is 10.0 Å². The second-order valence-electron chi connectivity index (χ2n) is 6.69. The number of ether oxygens (including phenoxy) is 2. The van der Waals surface area contributed by atoms with Gasteiger partial charge in [-0.3, -0.25) is 4.79 Å². The summed E-state index contributed by atoms with van der Waals surface area (Å²) in [5.41, 5.74) is 2.45. The normalized spacial score (nSPS) is 11.2. The number of methoxy groups -OCH3 is 2. The summed E-state index contributed by atoms with van der Waals surface area (Å²) in [6.07, 6.45) is 0.625. The van der Waals surface area contributed by atoms with Gasteiger partial charge in [0.1, 0.15) is 11.5 Å². The highest BCUT2D eigenvalue weighted by molar-refractivity contribution is 7.89. The molecule has 158 valence electrons. The van der Waals surface area contributed by atoms with E-state index in [1.54, 1.807) is 33.3 Å². The maximum atomic E-state index is 12.4. The minimum absolute atomic E-state index is 0.0318. The summed E-state index contributed by atoms with van der Waals surface area (Å²) in [5.74, 6) is 1.21. The van der Waals surface area contributed by atoms with Crippen molar-refractivity contribution in [3.05, 3.63) is 53.1 Å². The van der Waals surface area contributed by atoms with E-state index in [4.69, 9.17) is 9.47 Å². The first-order valence-electron chi connectivity index (χ1n) is 9.31. The lowest BCUT2D eigenvalue weighted by atomic mass is 10.1. The standard InChI is InChI=1S/C21H28N2O5S/c1-15-5-6-16(2)20(13-15)29(25,26)23-12-10-21(24)22-11-9-17-14-18(27-3)7-8-19(17)28-4/h5-8,13-14,23H,9-12H2,1-4H3,(H,22,24). The molecule has 0 unspecified atom stereocenters. The Morgan fingerprint density at radius 3 is 2.45 bits per heavy atom. The van der Waals surface area contributed by atoms with Crippen molar-refractivity contribution >= 4 is 15.9 Å². The van der Waals surface area contributed by atoms with Gasteiger partial charge in [0, 0.05) is 19.5 Å². The zero-order chi connectivity index (χ0) is 21.4. The summed E-state index contributed by atoms with van der Waals surface area (Å²) in [4.78, 5) is 12.3. The molecule has 0 aliphatic rings. The summed E-state index contributed by atoms with van der Waals surface area (Å²) < 4.78 is 37.9. The van der Waals surface area contributed by atoms with E-state index in [-0.39, 0.29) is 23.8 Å². The van der Waals surface area contributed by atoms with Gasteiger partial charge in [-0.15, -0.1) is 0 Å². The summed E-state index contributed by atoms with van der Waals surface area (Å²) in [6.45, 7) is 4.02. The predicted octanol–water partition coefficient (Wildman–Crippen LogP) is 2.35. The first-order chi connectivity index (χ1) is 13.8. The summed E-state index contributed by atoms with van der Waals surface area (Å²) in [7, 11) is -0.471. The van der Waals surface area contributed by atoms with E-state index in [9.17, 15) is 13.2 Å². The molecule has 1 amide bonds. The van der Waals surface area contributed by atoms with Crippen molar-refractivity contribution in [3.8, 4) is 11.5 Å². The number of benzene rings is 2. The van der Waals surface area contributed by atoms with Gasteiger partial charge in [-0.05, 0) is 61.2 Å². The van der Waals surface area contributed by atoms with Crippen molar-refractivity contribution in [2.75, 3.05) is 27.3 Å². The molecule has 2 aromatic rings. The maximum absolute atomic E-state index is 12.4. The van der Waals surface area contributed by atoms with Gasteiger partial charge in [0.2, 0.25) is 15.9 Å². The highest BCUT2D eigenvalue weighted by atomic mass is 32.2. The lowest BCUT2D eigenvalue weighted by Gasteiger charge is -2.12. The Bertz CT molecular complexity index is 958. The van der Waals surface area contributed by atoms with Crippen LogP contribution in [0.4, 0.5) is 0 Å². The number of nitrogens with one attached hydrogen (secondary N) is 2. The fraction of sp³-hybridized carbons (Fsp3) is 0.381. The molecule has 0 aliphatic carbocycles. The van der Waals surface area contributed by atoms with E-state index in [0.717, 1.165) is 16.9 Å². The van der Waals surface area contributed by atoms with Crippen LogP contribution in [-0.2, 0) is 21.2 Å². The number of hydrogen-bond acceptors (Lipinski definition) is 5. The van der Waals surface area contributed by atoms with Gasteiger partial charge in [-0.25, -0.2) is 13.1 Å². The Labute approximate surface area is 172 Å². The number of amides is 1. The first-order valence-corrected chi connectivity index (χ1v) is 10.8. The van der Waals surface area contributed by atoms with Crippen LogP contribution in [0.3, 0.4) is 0 Å². The fourth-order valence-electron chi connectivity index (χ4n) is 2.88. The van der Waals surface area contributed by atoms with E-state index >= 15 is 0 Å². The molecule has 0 aromatic heterocycles. The molecular formula is C21H28N2O5S. The van der Waals surface area contributed by atoms with E-state index in [1.807, 2.05) is 31.2 Å². The third-order valence-electron chi connectivity index (χ3n) is 4.48. The Morgan fingerprint density at radius 2 is 1.76 bits per heavy atom. The lowest BCUT2D eigenvalue weighted by molar-refractivity contribution is -0.120. The number of hydrogen-bond donors (Lipinski definition) is 2. The van der Waals surface area contributed by atoms with Crippen molar-refractivity contribution in [2.24, 2.45) is 0 Å². The molecule has 8 heteroatoms. The van der Waals surface area contributed by atoms with E-state index in [2.05, 4.69) is 10.0 Å². The molecule has 7 nitrogen and oxygen atoms in total. The molecule has 0 fully saturated rings. The first kappa shape index (κ1) is 22.7. The topological polar surface area (TPSA) is 93.7 Å². The second kappa shape index (κ2) is 10.3. The number of sulfonamides is 1. The zero-order valence-electron chi connectivity index (χ0n) is 17.2. The molecule has 0 bridgehead atoms. The Hall–Kier alpha value is -2.58. The third-order valence-corrected chi connectivity index (χ3v) is 6.08. The second-order valence-corrected chi connectivity index (χ2v) is 8.43. The third kappa shape index (κ3) is 6.47. The molecule has 2 rings (SSSR count). The molecule has 29 heavy (non-hydrogen) atoms. The van der Waals surface area contributed by atoms with Gasteiger partial charge in [0.25, 0.3) is 0 Å². The van der Waals surface area contributed by atoms with Crippen LogP contribution in [0.15, 0.2) is 41.3 Å². The zero-order valence-corrected chi connectivity index (χ0v) is 18.1. The summed E-state index contributed by atoms with van der Waals surface area (Å²) in [6, 6.07) is 10.7. The van der Waals surface area contributed by atoms with Crippen LogP contribution >= 0.6 is 0 Å². The van der Waals surface area contributed by atoms with E-state index in [1.165, 1.54) is 0 Å². The SMILES string of the molecule is COc1ccc(OC)c(CCNC(=O)CCNS(=O)(=O)c2cc(C)ccc2C)c1. The van der Waals surface area contributed by atoms with Gasteiger partial charge in [-0.2, -0.15) is 0 Å². The molecule has 0 atom stereocenters. The van der Waals surface area contributed by atoms with Crippen LogP contribution in [0, 0.1) is 13.8 Å². The molecule has 0 radical (unpaired) electrons. The molecule has 0 saturated heterocycles. The lowest BCUT2D eigenvalue weighted by Crippen LogP contribution is -2.32. The van der Waals surface area contributed by atoms with Crippen molar-refractivity contribution in [1.29, 1.82) is 0 Å². The van der Waals surface area contributed by atoms with Crippen LogP contribution in [0.2, 0.25) is 0 Å². The van der Waals surface area contributed by atoms with Crippen LogP contribution < -0.4 is 19.5 Å². The Morgan fingerprint density at radius 1 is 1.00 bits per heavy atom. The van der Waals surface area contributed by atoms with Crippen molar-refractivity contribution < 1.29 is 22.7 Å². The number of aryl methyl sites for hydroxylation is 2. The van der Waals surface area contributed by atoms with Gasteiger partial charge < -0.3 is 14.8 Å². The van der Waals surface area contributed by atoms with Gasteiger partial charge in [-0.1, -0.05) is 12.1 Å². The highest BCUT2D eigenvalue weighted by Crippen LogP contribution is 2.24. The van der Waals surface area contributed by atoms with Gasteiger partial charge in [0.05, 0.1) is 19.1 Å². The fourth-order valence-corrected chi connectivity index (χ4v) is 4.24. The molecule has 0 saturated carbocycles. The maximum Gasteiger partial charge on any atom is 0.240 e. The van der Waals surface area contributed by atoms with E-state index in [0.29, 0.717) is 24.3 Å². The number of rotatable bonds is 10. The number of carbonyl (C=O) groups excluding carboxylic acids is 1. The monoisotopic (exact) mass is 420 g/mol. The van der Waals surface area contributed by atoms with Crippen LogP contribution in [0.5, 0.6) is 11.5 Å². The minimum atomic E-state index is -3.65. The minimum Gasteiger partial charge on any atom is -0.497 e.